The van der Waals surface area contributed by atoms with Gasteiger partial charge in [0, 0.05) is 36.3 Å². The lowest BCUT2D eigenvalue weighted by Gasteiger charge is -2.41. The van der Waals surface area contributed by atoms with Gasteiger partial charge < -0.3 is 28.8 Å². The fraction of sp³-hybridized carbons (Fsp3) is 0.400. The number of methoxy groups -OCH3 is 3. The number of fused-ring (bicyclic) bond motifs is 2. The van der Waals surface area contributed by atoms with E-state index in [1.54, 1.807) is 21.3 Å². The second-order valence-corrected chi connectivity index (χ2v) is 13.3. The summed E-state index contributed by atoms with van der Waals surface area (Å²) in [6, 6.07) is 21.1. The molecule has 0 aliphatic carbocycles. The molecule has 8 heteroatoms. The molecule has 0 fully saturated rings. The Morgan fingerprint density at radius 1 is 0.771 bits per heavy atom. The molecule has 3 atom stereocenters. The third kappa shape index (κ3) is 5.76. The van der Waals surface area contributed by atoms with Crippen molar-refractivity contribution in [3.63, 3.8) is 0 Å². The lowest BCUT2D eigenvalue weighted by Crippen LogP contribution is -2.36. The predicted octanol–water partition coefficient (Wildman–Crippen LogP) is 7.60. The first-order chi connectivity index (χ1) is 23.3. The minimum Gasteiger partial charge on any atom is -0.493 e. The minimum atomic E-state index is -0.130. The predicted molar refractivity (Wildman–Crippen MR) is 186 cm³/mol. The summed E-state index contributed by atoms with van der Waals surface area (Å²) in [6.07, 6.45) is 3.40. The minimum absolute atomic E-state index is 0.0360. The molecule has 1 N–H and O–H groups in total. The number of benzene rings is 4. The summed E-state index contributed by atoms with van der Waals surface area (Å²) in [6.45, 7) is 3.93. The summed E-state index contributed by atoms with van der Waals surface area (Å²) in [5, 5.41) is 10.7. The number of nitrogens with zero attached hydrogens (tertiary/aromatic N) is 2. The van der Waals surface area contributed by atoms with Crippen molar-refractivity contribution in [2.24, 2.45) is 0 Å². The number of aliphatic hydroxyl groups excluding tert-OH is 1. The monoisotopic (exact) mass is 650 g/mol. The topological polar surface area (TPSA) is 72.9 Å². The Labute approximate surface area is 283 Å². The highest BCUT2D eigenvalue weighted by molar-refractivity contribution is 5.64. The summed E-state index contributed by atoms with van der Waals surface area (Å²) in [7, 11) is 9.38. The first-order valence-corrected chi connectivity index (χ1v) is 16.9. The van der Waals surface area contributed by atoms with Crippen LogP contribution in [0.2, 0.25) is 0 Å². The summed E-state index contributed by atoms with van der Waals surface area (Å²) in [5.41, 5.74) is 7.83. The van der Waals surface area contributed by atoms with Crippen LogP contribution in [0.1, 0.15) is 70.3 Å². The molecular formula is C40H46N2O6. The van der Waals surface area contributed by atoms with Crippen LogP contribution in [0.4, 0.5) is 0 Å². The number of likely N-dealkylation sites (N-methyl/N-ethyl adjacent to an activating group) is 2. The number of ether oxygens (including phenoxy) is 5. The smallest absolute Gasteiger partial charge is 0.204 e. The molecular weight excluding hydrogens is 604 g/mol. The van der Waals surface area contributed by atoms with Crippen molar-refractivity contribution in [1.82, 2.24) is 9.80 Å². The second kappa shape index (κ2) is 13.3. The largest absolute Gasteiger partial charge is 0.493 e. The molecule has 252 valence electrons. The van der Waals surface area contributed by atoms with Crippen molar-refractivity contribution in [2.45, 2.75) is 57.2 Å². The molecule has 4 aromatic carbocycles. The van der Waals surface area contributed by atoms with Crippen molar-refractivity contribution in [1.29, 1.82) is 0 Å². The van der Waals surface area contributed by atoms with Gasteiger partial charge in [-0.15, -0.1) is 0 Å². The van der Waals surface area contributed by atoms with Gasteiger partial charge in [0.1, 0.15) is 11.5 Å². The Hall–Kier alpha value is -4.24. The third-order valence-electron chi connectivity index (χ3n) is 10.6. The molecule has 1 unspecified atom stereocenters. The molecule has 0 saturated heterocycles. The highest BCUT2D eigenvalue weighted by atomic mass is 16.5. The van der Waals surface area contributed by atoms with Crippen molar-refractivity contribution in [3.05, 3.63) is 99.6 Å². The molecule has 4 heterocycles. The van der Waals surface area contributed by atoms with Crippen LogP contribution in [0.3, 0.4) is 0 Å². The molecule has 8 rings (SSSR count). The normalized spacial score (nSPS) is 20.5. The molecule has 48 heavy (non-hydrogen) atoms. The van der Waals surface area contributed by atoms with Crippen LogP contribution >= 0.6 is 0 Å². The molecule has 0 aromatic heterocycles. The highest BCUT2D eigenvalue weighted by Crippen LogP contribution is 2.53. The lowest BCUT2D eigenvalue weighted by molar-refractivity contribution is 0.198. The summed E-state index contributed by atoms with van der Waals surface area (Å²) in [4.78, 5) is 4.83. The fourth-order valence-corrected chi connectivity index (χ4v) is 7.88. The van der Waals surface area contributed by atoms with E-state index in [0.29, 0.717) is 40.9 Å². The Morgan fingerprint density at radius 3 is 2.23 bits per heavy atom. The lowest BCUT2D eigenvalue weighted by atomic mass is 9.81. The van der Waals surface area contributed by atoms with Gasteiger partial charge >= 0.3 is 0 Å². The van der Waals surface area contributed by atoms with E-state index < -0.39 is 0 Å². The average Bonchev–Trinajstić information content (AvgIpc) is 3.10. The zero-order chi connectivity index (χ0) is 33.5. The van der Waals surface area contributed by atoms with Gasteiger partial charge in [-0.1, -0.05) is 25.1 Å². The van der Waals surface area contributed by atoms with E-state index in [1.807, 2.05) is 18.2 Å². The zero-order valence-corrected chi connectivity index (χ0v) is 28.8. The van der Waals surface area contributed by atoms with E-state index in [0.717, 1.165) is 54.8 Å². The van der Waals surface area contributed by atoms with Gasteiger partial charge in [0.05, 0.1) is 27.9 Å². The molecule has 4 aromatic rings. The van der Waals surface area contributed by atoms with E-state index in [-0.39, 0.29) is 24.6 Å². The van der Waals surface area contributed by atoms with Gasteiger partial charge in [0.15, 0.2) is 23.0 Å². The number of rotatable bonds is 5. The SMILES string of the molecule is CCC1CN(C)[C@H]2Cc3ccc(OC)c(c3)Oc3ccc(cc3)C[C@H]3c4cc(c(CO)cc4CCN3C)Oc3c(OC)c(OC)cc1c32. The molecule has 0 amide bonds. The molecule has 0 spiro atoms. The van der Waals surface area contributed by atoms with E-state index in [9.17, 15) is 5.11 Å². The first kappa shape index (κ1) is 32.3. The Kier molecular flexibility index (Phi) is 8.98. The van der Waals surface area contributed by atoms with E-state index in [1.165, 1.54) is 22.3 Å². The van der Waals surface area contributed by atoms with Gasteiger partial charge in [-0.25, -0.2) is 0 Å². The molecule has 4 aliphatic rings. The van der Waals surface area contributed by atoms with Crippen molar-refractivity contribution in [2.75, 3.05) is 48.5 Å². The van der Waals surface area contributed by atoms with Crippen LogP contribution in [-0.4, -0.2) is 63.4 Å². The van der Waals surface area contributed by atoms with Crippen LogP contribution in [-0.2, 0) is 25.9 Å². The average molecular weight is 651 g/mol. The van der Waals surface area contributed by atoms with Gasteiger partial charge in [-0.2, -0.15) is 0 Å². The molecule has 6 bridgehead atoms. The van der Waals surface area contributed by atoms with Crippen LogP contribution in [0.15, 0.2) is 60.7 Å². The molecule has 0 saturated carbocycles. The molecule has 4 aliphatic heterocycles. The van der Waals surface area contributed by atoms with Gasteiger partial charge in [0.25, 0.3) is 0 Å². The maximum Gasteiger partial charge on any atom is 0.204 e. The highest BCUT2D eigenvalue weighted by Gasteiger charge is 2.37. The van der Waals surface area contributed by atoms with E-state index in [4.69, 9.17) is 23.7 Å². The molecule has 0 radical (unpaired) electrons. The number of aliphatic hydroxyl groups is 1. The standard InChI is InChI=1S/C40H46N2O6/c1-7-26-22-42(3)33-17-25-10-13-34(44-4)36(18-25)47-29-11-8-24(9-12-29)16-32-30-20-35(28(23-43)19-27(30)14-15-41(32)2)48-40-38(33)31(26)21-37(45-5)39(40)46-6/h8-13,18-21,26,32-33,43H,7,14-17,22-23H2,1-6H3/t26?,32-,33-/m0/s1. The molecule has 8 nitrogen and oxygen atoms in total. The van der Waals surface area contributed by atoms with Crippen molar-refractivity contribution < 1.29 is 28.8 Å². The Bertz CT molecular complexity index is 1810. The zero-order valence-electron chi connectivity index (χ0n) is 28.8. The van der Waals surface area contributed by atoms with Crippen LogP contribution in [0.5, 0.6) is 40.2 Å². The Balaban J connectivity index is 1.49. The maximum absolute atomic E-state index is 10.7. The van der Waals surface area contributed by atoms with Crippen molar-refractivity contribution >= 4 is 0 Å². The van der Waals surface area contributed by atoms with Gasteiger partial charge in [-0.05, 0) is 116 Å². The van der Waals surface area contributed by atoms with Crippen molar-refractivity contribution in [3.8, 4) is 40.2 Å². The number of hydrogen-bond acceptors (Lipinski definition) is 8. The Morgan fingerprint density at radius 2 is 1.52 bits per heavy atom. The summed E-state index contributed by atoms with van der Waals surface area (Å²) < 4.78 is 31.3. The summed E-state index contributed by atoms with van der Waals surface area (Å²) >= 11 is 0. The second-order valence-electron chi connectivity index (χ2n) is 13.3. The van der Waals surface area contributed by atoms with E-state index in [2.05, 4.69) is 73.3 Å². The quantitative estimate of drug-likeness (QED) is 0.237. The van der Waals surface area contributed by atoms with Gasteiger partial charge in [0.2, 0.25) is 5.75 Å². The van der Waals surface area contributed by atoms with Crippen LogP contribution < -0.4 is 23.7 Å². The summed E-state index contributed by atoms with van der Waals surface area (Å²) in [5.74, 6) is 4.87. The first-order valence-electron chi connectivity index (χ1n) is 16.9. The van der Waals surface area contributed by atoms with E-state index >= 15 is 0 Å². The van der Waals surface area contributed by atoms with Gasteiger partial charge in [-0.3, -0.25) is 9.80 Å². The maximum atomic E-state index is 10.7. The van der Waals surface area contributed by atoms with Crippen LogP contribution in [0.25, 0.3) is 0 Å². The fourth-order valence-electron chi connectivity index (χ4n) is 7.88. The third-order valence-corrected chi connectivity index (χ3v) is 10.6. The number of hydrogen-bond donors (Lipinski definition) is 1. The van der Waals surface area contributed by atoms with Crippen LogP contribution in [0, 0.1) is 0 Å².